The quantitative estimate of drug-likeness (QED) is 0.731. The zero-order valence-corrected chi connectivity index (χ0v) is 9.72. The van der Waals surface area contributed by atoms with Crippen LogP contribution in [0.5, 0.6) is 0 Å². The molecule has 0 N–H and O–H groups in total. The van der Waals surface area contributed by atoms with Crippen molar-refractivity contribution in [2.24, 2.45) is 0 Å². The normalized spacial score (nSPS) is 26.3. The van der Waals surface area contributed by atoms with Gasteiger partial charge < -0.3 is 9.80 Å². The number of anilines is 1. The molecular formula is C12H19N3. The van der Waals surface area contributed by atoms with Crippen LogP contribution in [0, 0.1) is 0 Å². The maximum absolute atomic E-state index is 4.18. The molecule has 0 bridgehead atoms. The third-order valence-corrected chi connectivity index (χ3v) is 3.26. The van der Waals surface area contributed by atoms with Crippen molar-refractivity contribution in [2.75, 3.05) is 25.5 Å². The van der Waals surface area contributed by atoms with Crippen molar-refractivity contribution in [2.45, 2.75) is 25.4 Å². The van der Waals surface area contributed by atoms with E-state index in [0.29, 0.717) is 12.1 Å². The van der Waals surface area contributed by atoms with Gasteiger partial charge in [-0.05, 0) is 39.6 Å². The van der Waals surface area contributed by atoms with E-state index in [1.807, 2.05) is 18.5 Å². The zero-order chi connectivity index (χ0) is 10.8. The fourth-order valence-corrected chi connectivity index (χ4v) is 2.26. The van der Waals surface area contributed by atoms with Gasteiger partial charge in [0.1, 0.15) is 0 Å². The number of likely N-dealkylation sites (N-methyl/N-ethyl adjacent to an activating group) is 1. The summed E-state index contributed by atoms with van der Waals surface area (Å²) in [5.74, 6) is 0. The Bertz CT molecular complexity index is 310. The molecule has 0 spiro atoms. The van der Waals surface area contributed by atoms with Gasteiger partial charge in [-0.15, -0.1) is 0 Å². The van der Waals surface area contributed by atoms with Gasteiger partial charge in [-0.2, -0.15) is 0 Å². The number of rotatable bonds is 2. The first-order chi connectivity index (χ1) is 7.18. The second-order valence-corrected chi connectivity index (χ2v) is 4.57. The van der Waals surface area contributed by atoms with Gasteiger partial charge in [0.25, 0.3) is 0 Å². The Morgan fingerprint density at radius 1 is 1.47 bits per heavy atom. The number of hydrogen-bond donors (Lipinski definition) is 0. The molecule has 2 atom stereocenters. The molecule has 0 aliphatic carbocycles. The maximum atomic E-state index is 4.18. The Morgan fingerprint density at radius 2 is 2.27 bits per heavy atom. The number of aromatic nitrogens is 1. The molecule has 1 aliphatic rings. The van der Waals surface area contributed by atoms with Gasteiger partial charge in [-0.3, -0.25) is 4.98 Å². The molecule has 1 fully saturated rings. The summed E-state index contributed by atoms with van der Waals surface area (Å²) in [4.78, 5) is 8.93. The Labute approximate surface area is 91.7 Å². The average molecular weight is 205 g/mol. The highest BCUT2D eigenvalue weighted by atomic mass is 15.3. The smallest absolute Gasteiger partial charge is 0.0555 e. The minimum atomic E-state index is 0.613. The number of nitrogens with zero attached hydrogens (tertiary/aromatic N) is 3. The Balaban J connectivity index is 2.12. The van der Waals surface area contributed by atoms with Crippen molar-refractivity contribution < 1.29 is 0 Å². The molecule has 1 saturated heterocycles. The molecule has 2 unspecified atom stereocenters. The molecule has 0 saturated carbocycles. The minimum Gasteiger partial charge on any atom is -0.366 e. The fraction of sp³-hybridized carbons (Fsp3) is 0.583. The van der Waals surface area contributed by atoms with Gasteiger partial charge >= 0.3 is 0 Å². The Hall–Kier alpha value is -1.09. The highest BCUT2D eigenvalue weighted by Gasteiger charge is 2.30. The van der Waals surface area contributed by atoms with E-state index in [4.69, 9.17) is 0 Å². The maximum Gasteiger partial charge on any atom is 0.0555 e. The number of pyridine rings is 1. The first kappa shape index (κ1) is 10.4. The predicted molar refractivity (Wildman–Crippen MR) is 63.1 cm³/mol. The van der Waals surface area contributed by atoms with Gasteiger partial charge in [0.2, 0.25) is 0 Å². The first-order valence-corrected chi connectivity index (χ1v) is 5.51. The van der Waals surface area contributed by atoms with Gasteiger partial charge in [0.15, 0.2) is 0 Å². The van der Waals surface area contributed by atoms with Crippen molar-refractivity contribution in [3.63, 3.8) is 0 Å². The summed E-state index contributed by atoms with van der Waals surface area (Å²) < 4.78 is 0. The third-order valence-electron chi connectivity index (χ3n) is 3.26. The van der Waals surface area contributed by atoms with Crippen LogP contribution in [0.4, 0.5) is 5.69 Å². The van der Waals surface area contributed by atoms with Crippen LogP contribution in [0.3, 0.4) is 0 Å². The molecule has 1 aromatic heterocycles. The molecule has 2 heterocycles. The summed E-state index contributed by atoms with van der Waals surface area (Å²) in [6, 6.07) is 5.42. The van der Waals surface area contributed by atoms with E-state index in [-0.39, 0.29) is 0 Å². The molecule has 3 nitrogen and oxygen atoms in total. The summed E-state index contributed by atoms with van der Waals surface area (Å²) in [5, 5.41) is 0. The minimum absolute atomic E-state index is 0.613. The predicted octanol–water partition coefficient (Wildman–Crippen LogP) is 1.61. The molecule has 1 aromatic rings. The molecule has 1 aliphatic heterocycles. The highest BCUT2D eigenvalue weighted by Crippen LogP contribution is 2.26. The fourth-order valence-electron chi connectivity index (χ4n) is 2.26. The number of hydrogen-bond acceptors (Lipinski definition) is 3. The molecule has 3 heteroatoms. The molecule has 0 amide bonds. The summed E-state index contributed by atoms with van der Waals surface area (Å²) in [7, 11) is 4.31. The second-order valence-electron chi connectivity index (χ2n) is 4.57. The lowest BCUT2D eigenvalue weighted by molar-refractivity contribution is 0.311. The Morgan fingerprint density at radius 3 is 2.80 bits per heavy atom. The van der Waals surface area contributed by atoms with Crippen LogP contribution in [-0.2, 0) is 0 Å². The van der Waals surface area contributed by atoms with Crippen molar-refractivity contribution in [3.8, 4) is 0 Å². The van der Waals surface area contributed by atoms with Crippen LogP contribution < -0.4 is 4.90 Å². The third kappa shape index (κ3) is 2.12. The van der Waals surface area contributed by atoms with Gasteiger partial charge in [-0.25, -0.2) is 0 Å². The average Bonchev–Trinajstić information content (AvgIpc) is 2.62. The van der Waals surface area contributed by atoms with Gasteiger partial charge in [0, 0.05) is 24.8 Å². The van der Waals surface area contributed by atoms with Crippen LogP contribution in [-0.4, -0.2) is 42.6 Å². The van der Waals surface area contributed by atoms with Gasteiger partial charge in [0.05, 0.1) is 11.9 Å². The van der Waals surface area contributed by atoms with Crippen LogP contribution in [0.25, 0.3) is 0 Å². The lowest BCUT2D eigenvalue weighted by atomic mass is 10.2. The van der Waals surface area contributed by atoms with E-state index in [1.165, 1.54) is 12.1 Å². The van der Waals surface area contributed by atoms with Crippen molar-refractivity contribution in [3.05, 3.63) is 24.5 Å². The van der Waals surface area contributed by atoms with Crippen molar-refractivity contribution in [1.29, 1.82) is 0 Å². The van der Waals surface area contributed by atoms with Crippen LogP contribution >= 0.6 is 0 Å². The second kappa shape index (κ2) is 4.19. The monoisotopic (exact) mass is 205 g/mol. The van der Waals surface area contributed by atoms with E-state index in [9.17, 15) is 0 Å². The SMILES string of the molecule is CC1CC(N(C)C)CN1c1cccnc1. The standard InChI is InChI=1S/C12H19N3/c1-10-7-12(14(2)3)9-15(10)11-5-4-6-13-8-11/h4-6,8,10,12H,7,9H2,1-3H3. The van der Waals surface area contributed by atoms with Gasteiger partial charge in [-0.1, -0.05) is 0 Å². The molecule has 0 radical (unpaired) electrons. The molecule has 2 rings (SSSR count). The van der Waals surface area contributed by atoms with Crippen LogP contribution in [0.1, 0.15) is 13.3 Å². The summed E-state index contributed by atoms with van der Waals surface area (Å²) >= 11 is 0. The zero-order valence-electron chi connectivity index (χ0n) is 9.72. The molecule has 82 valence electrons. The van der Waals surface area contributed by atoms with Crippen LogP contribution in [0.15, 0.2) is 24.5 Å². The summed E-state index contributed by atoms with van der Waals surface area (Å²) in [6.45, 7) is 3.40. The molecule has 0 aromatic carbocycles. The Kier molecular flexibility index (Phi) is 2.91. The van der Waals surface area contributed by atoms with E-state index < -0.39 is 0 Å². The van der Waals surface area contributed by atoms with E-state index in [0.717, 1.165) is 6.54 Å². The lowest BCUT2D eigenvalue weighted by Crippen LogP contribution is -2.32. The van der Waals surface area contributed by atoms with Crippen LogP contribution in [0.2, 0.25) is 0 Å². The van der Waals surface area contributed by atoms with E-state index >= 15 is 0 Å². The summed E-state index contributed by atoms with van der Waals surface area (Å²) in [5.41, 5.74) is 1.24. The first-order valence-electron chi connectivity index (χ1n) is 5.51. The largest absolute Gasteiger partial charge is 0.366 e. The van der Waals surface area contributed by atoms with E-state index in [1.54, 1.807) is 0 Å². The summed E-state index contributed by atoms with van der Waals surface area (Å²) in [6.07, 6.45) is 5.02. The molecule has 15 heavy (non-hydrogen) atoms. The topological polar surface area (TPSA) is 19.4 Å². The lowest BCUT2D eigenvalue weighted by Gasteiger charge is -2.23. The van der Waals surface area contributed by atoms with E-state index in [2.05, 4.69) is 41.9 Å². The van der Waals surface area contributed by atoms with Crippen molar-refractivity contribution >= 4 is 5.69 Å². The highest BCUT2D eigenvalue weighted by molar-refractivity contribution is 5.46. The molecular weight excluding hydrogens is 186 g/mol. The van der Waals surface area contributed by atoms with Crippen molar-refractivity contribution in [1.82, 2.24) is 9.88 Å².